The summed E-state index contributed by atoms with van der Waals surface area (Å²) < 4.78 is 0. The first-order chi connectivity index (χ1) is 21.8. The number of allylic oxidation sites excluding steroid dienone is 1. The van der Waals surface area contributed by atoms with Crippen molar-refractivity contribution in [1.82, 2.24) is 9.97 Å². The maximum Gasteiger partial charge on any atom is 0.303 e. The van der Waals surface area contributed by atoms with Gasteiger partial charge < -0.3 is 51.2 Å². The van der Waals surface area contributed by atoms with E-state index in [4.69, 9.17) is 20.6 Å². The summed E-state index contributed by atoms with van der Waals surface area (Å²) in [6, 6.07) is -0.881. The Kier molecular flexibility index (Phi) is 11.6. The number of rotatable bonds is 10. The van der Waals surface area contributed by atoms with Crippen molar-refractivity contribution >= 4 is 36.2 Å². The summed E-state index contributed by atoms with van der Waals surface area (Å²) in [6.07, 6.45) is 5.46. The summed E-state index contributed by atoms with van der Waals surface area (Å²) in [5, 5.41) is 71.8. The topological polar surface area (TPSA) is 212 Å². The van der Waals surface area contributed by atoms with E-state index >= 15 is 0 Å². The average Bonchev–Trinajstić information content (AvgIpc) is 3.67. The second-order valence-corrected chi connectivity index (χ2v) is 12.7. The fourth-order valence-electron chi connectivity index (χ4n) is 7.23. The SMILES string of the molecule is Cc1c2[n-]c(c1C(O)CO)C=C1[N-]C(C=c3[n-]c(c(C)c3CCC(=O)O)=CC3[N-]C(=C2)C(C(O)CO)C3C)C(CCC(=O)O)C1C.[Zn]. The van der Waals surface area contributed by atoms with Crippen LogP contribution in [0.3, 0.4) is 0 Å². The van der Waals surface area contributed by atoms with Gasteiger partial charge in [0.1, 0.15) is 6.10 Å². The van der Waals surface area contributed by atoms with Gasteiger partial charge in [0.2, 0.25) is 0 Å². The molecule has 0 saturated carbocycles. The Hall–Kier alpha value is -3.22. The number of nitrogens with zero attached hydrogens (tertiary/aromatic N) is 4. The molecule has 8 unspecified atom stereocenters. The van der Waals surface area contributed by atoms with Gasteiger partial charge in [0.05, 0.1) is 19.3 Å². The van der Waals surface area contributed by atoms with E-state index in [0.29, 0.717) is 51.0 Å². The minimum Gasteiger partial charge on any atom is -0.682 e. The van der Waals surface area contributed by atoms with Crippen LogP contribution in [-0.4, -0.2) is 74.0 Å². The van der Waals surface area contributed by atoms with Gasteiger partial charge in [-0.25, -0.2) is 0 Å². The molecule has 8 atom stereocenters. The second-order valence-electron chi connectivity index (χ2n) is 12.7. The monoisotopic (exact) mass is 698 g/mol. The van der Waals surface area contributed by atoms with Crippen LogP contribution in [0.5, 0.6) is 0 Å². The molecule has 5 rings (SSSR count). The minimum absolute atomic E-state index is 0. The zero-order valence-corrected chi connectivity index (χ0v) is 30.1. The largest absolute Gasteiger partial charge is 0.682 e. The summed E-state index contributed by atoms with van der Waals surface area (Å²) in [5.41, 5.74) is 4.76. The number of carbonyl (C=O) groups is 2. The Morgan fingerprint density at radius 1 is 0.830 bits per heavy atom. The van der Waals surface area contributed by atoms with Gasteiger partial charge in [-0.05, 0) is 55.9 Å². The van der Waals surface area contributed by atoms with E-state index in [1.165, 1.54) is 0 Å². The first-order valence-corrected chi connectivity index (χ1v) is 15.7. The maximum absolute atomic E-state index is 11.6. The van der Waals surface area contributed by atoms with Crippen LogP contribution >= 0.6 is 0 Å². The van der Waals surface area contributed by atoms with Crippen LogP contribution in [0.2, 0.25) is 0 Å². The van der Waals surface area contributed by atoms with Crippen molar-refractivity contribution in [3.63, 3.8) is 0 Å². The molecule has 2 saturated heterocycles. The van der Waals surface area contributed by atoms with Crippen LogP contribution in [0, 0.1) is 37.5 Å². The van der Waals surface area contributed by atoms with Gasteiger partial charge >= 0.3 is 11.9 Å². The molecule has 0 amide bonds. The number of aliphatic hydroxyl groups excluding tert-OH is 4. The summed E-state index contributed by atoms with van der Waals surface area (Å²) in [6.45, 7) is 6.60. The van der Waals surface area contributed by atoms with E-state index in [0.717, 1.165) is 11.1 Å². The van der Waals surface area contributed by atoms with Gasteiger partial charge in [-0.3, -0.25) is 9.59 Å². The Morgan fingerprint density at radius 3 is 2.11 bits per heavy atom. The van der Waals surface area contributed by atoms with Crippen molar-refractivity contribution in [3.8, 4) is 0 Å². The summed E-state index contributed by atoms with van der Waals surface area (Å²) in [4.78, 5) is 32.9. The van der Waals surface area contributed by atoms with Crippen molar-refractivity contribution in [3.05, 3.63) is 66.4 Å². The van der Waals surface area contributed by atoms with Crippen molar-refractivity contribution in [2.45, 2.75) is 77.7 Å². The third-order valence-corrected chi connectivity index (χ3v) is 9.90. The summed E-state index contributed by atoms with van der Waals surface area (Å²) >= 11 is 0. The molecule has 252 valence electrons. The van der Waals surface area contributed by atoms with Gasteiger partial charge in [-0.2, -0.15) is 11.4 Å². The molecular formula is C34H42N4O8Zn-4. The number of fused-ring (bicyclic) bond motifs is 8. The zero-order chi connectivity index (χ0) is 33.4. The van der Waals surface area contributed by atoms with Crippen LogP contribution in [0.15, 0.2) is 11.4 Å². The standard InChI is InChI=1S/C34H42N4O8.Zn/c1-15-19(5-7-31(43)44)25-12-26-20(6-8-32(45)46)16(2)22(36-26)10-27-34(30(42)14-40)18(4)24(38-27)11-28-33(29(41)13-39)17(3)23(37-28)9-21(15)35-25;/h9-12,16-17,20,23,26,29-30,33,39-42H,5-8,13-14H2,1-4H3,(H,43,44)(H,45,46);/q-4;. The predicted molar refractivity (Wildman–Crippen MR) is 171 cm³/mol. The maximum atomic E-state index is 11.6. The summed E-state index contributed by atoms with van der Waals surface area (Å²) in [5.74, 6) is -2.99. The van der Waals surface area contributed by atoms with Crippen LogP contribution in [0.4, 0.5) is 0 Å². The van der Waals surface area contributed by atoms with E-state index < -0.39 is 55.4 Å². The van der Waals surface area contributed by atoms with Gasteiger partial charge in [0.25, 0.3) is 0 Å². The molecule has 47 heavy (non-hydrogen) atoms. The average molecular weight is 700 g/mol. The molecule has 0 aromatic carbocycles. The molecule has 8 bridgehead atoms. The molecule has 0 aliphatic carbocycles. The molecule has 3 aliphatic heterocycles. The van der Waals surface area contributed by atoms with Crippen LogP contribution in [-0.2, 0) is 35.5 Å². The first-order valence-electron chi connectivity index (χ1n) is 15.7. The molecular weight excluding hydrogens is 658 g/mol. The molecule has 2 fully saturated rings. The predicted octanol–water partition coefficient (Wildman–Crippen LogP) is 1.45. The number of aliphatic carboxylic acids is 2. The van der Waals surface area contributed by atoms with Crippen LogP contribution in [0.25, 0.3) is 34.9 Å². The fraction of sp³-hybridized carbons (Fsp3) is 0.529. The third-order valence-electron chi connectivity index (χ3n) is 9.90. The van der Waals surface area contributed by atoms with E-state index in [1.807, 2.05) is 32.9 Å². The molecule has 2 aromatic heterocycles. The summed E-state index contributed by atoms with van der Waals surface area (Å²) in [7, 11) is 0. The minimum atomic E-state index is -1.22. The van der Waals surface area contributed by atoms with E-state index in [1.54, 1.807) is 19.1 Å². The number of hydrogen-bond donors (Lipinski definition) is 6. The molecule has 13 heteroatoms. The Labute approximate surface area is 286 Å². The van der Waals surface area contributed by atoms with Gasteiger partial charge in [-0.1, -0.05) is 54.8 Å². The van der Waals surface area contributed by atoms with Gasteiger partial charge in [0, 0.05) is 32.3 Å². The van der Waals surface area contributed by atoms with Crippen molar-refractivity contribution in [2.75, 3.05) is 13.2 Å². The first kappa shape index (κ1) is 36.6. The fourth-order valence-corrected chi connectivity index (χ4v) is 7.23. The quantitative estimate of drug-likeness (QED) is 0.197. The number of hydrogen-bond acceptors (Lipinski definition) is 6. The molecule has 0 radical (unpaired) electrons. The van der Waals surface area contributed by atoms with Crippen molar-refractivity contribution in [1.29, 1.82) is 0 Å². The van der Waals surface area contributed by atoms with Crippen LogP contribution < -0.4 is 20.7 Å². The van der Waals surface area contributed by atoms with Crippen LogP contribution in [0.1, 0.15) is 72.9 Å². The third kappa shape index (κ3) is 7.29. The molecule has 12 nitrogen and oxygen atoms in total. The van der Waals surface area contributed by atoms with E-state index in [9.17, 15) is 40.2 Å². The Balaban J connectivity index is 0.00000500. The van der Waals surface area contributed by atoms with E-state index in [2.05, 4.69) is 0 Å². The molecule has 0 spiro atoms. The Bertz CT molecular complexity index is 1680. The smallest absolute Gasteiger partial charge is 0.303 e. The molecule has 6 N–H and O–H groups in total. The van der Waals surface area contributed by atoms with Crippen molar-refractivity contribution < 1.29 is 59.7 Å². The number of carboxylic acids is 2. The van der Waals surface area contributed by atoms with Crippen molar-refractivity contribution in [2.24, 2.45) is 23.7 Å². The van der Waals surface area contributed by atoms with E-state index in [-0.39, 0.29) is 56.5 Å². The molecule has 2 aromatic rings. The van der Waals surface area contributed by atoms with Gasteiger partial charge in [0.15, 0.2) is 0 Å². The normalized spacial score (nSPS) is 26.0. The zero-order valence-electron chi connectivity index (χ0n) is 27.2. The molecule has 3 aliphatic rings. The second kappa shape index (κ2) is 14.9. The Morgan fingerprint density at radius 2 is 1.47 bits per heavy atom. The number of carboxylic acid groups (broad SMARTS) is 2. The number of aromatic nitrogens is 2. The van der Waals surface area contributed by atoms with Gasteiger partial charge in [-0.15, -0.1) is 34.2 Å². The number of aliphatic hydroxyl groups is 4. The molecule has 5 heterocycles.